The Morgan fingerprint density at radius 2 is 2.18 bits per heavy atom. The average molecular weight is 238 g/mol. The van der Waals surface area contributed by atoms with Gasteiger partial charge in [-0.1, -0.05) is 13.0 Å². The molecule has 1 aliphatic carbocycles. The standard InChI is InChI=1S/C14H22O3/c1-10(2)14(15)16-8-4-3-5-11-6-7-12-13(9-11)17-12/h11-13H,1,3-9H2,2H3. The normalized spacial score (nSPS) is 30.5. The molecule has 2 rings (SSSR count). The van der Waals surface area contributed by atoms with E-state index in [1.54, 1.807) is 6.92 Å². The number of carbonyl (C=O) groups excluding carboxylic acids is 1. The van der Waals surface area contributed by atoms with Crippen LogP contribution in [0.3, 0.4) is 0 Å². The van der Waals surface area contributed by atoms with Crippen molar-refractivity contribution in [1.82, 2.24) is 0 Å². The molecule has 0 spiro atoms. The van der Waals surface area contributed by atoms with Gasteiger partial charge in [0.25, 0.3) is 0 Å². The highest BCUT2D eigenvalue weighted by Crippen LogP contribution is 2.40. The van der Waals surface area contributed by atoms with Crippen molar-refractivity contribution in [2.45, 2.75) is 57.7 Å². The molecule has 3 nitrogen and oxygen atoms in total. The highest BCUT2D eigenvalue weighted by atomic mass is 16.6. The van der Waals surface area contributed by atoms with E-state index < -0.39 is 0 Å². The molecule has 0 aromatic rings. The number of carbonyl (C=O) groups is 1. The highest BCUT2D eigenvalue weighted by molar-refractivity contribution is 5.86. The van der Waals surface area contributed by atoms with E-state index in [0.29, 0.717) is 24.4 Å². The number of fused-ring (bicyclic) bond motifs is 1. The minimum absolute atomic E-state index is 0.267. The molecule has 0 amide bonds. The van der Waals surface area contributed by atoms with Gasteiger partial charge in [-0.25, -0.2) is 4.79 Å². The van der Waals surface area contributed by atoms with E-state index in [9.17, 15) is 4.79 Å². The van der Waals surface area contributed by atoms with Gasteiger partial charge in [0.15, 0.2) is 0 Å². The van der Waals surface area contributed by atoms with Gasteiger partial charge in [-0.05, 0) is 44.9 Å². The van der Waals surface area contributed by atoms with Gasteiger partial charge in [0.1, 0.15) is 0 Å². The van der Waals surface area contributed by atoms with E-state index in [0.717, 1.165) is 18.8 Å². The van der Waals surface area contributed by atoms with Gasteiger partial charge in [-0.2, -0.15) is 0 Å². The van der Waals surface area contributed by atoms with Crippen LogP contribution in [0.1, 0.15) is 45.4 Å². The monoisotopic (exact) mass is 238 g/mol. The van der Waals surface area contributed by atoms with E-state index in [4.69, 9.17) is 9.47 Å². The number of ether oxygens (including phenoxy) is 2. The van der Waals surface area contributed by atoms with Crippen molar-refractivity contribution in [3.63, 3.8) is 0 Å². The maximum Gasteiger partial charge on any atom is 0.333 e. The fourth-order valence-corrected chi connectivity index (χ4v) is 2.57. The Bertz CT molecular complexity index is 298. The zero-order valence-electron chi connectivity index (χ0n) is 10.6. The van der Waals surface area contributed by atoms with Crippen LogP contribution in [0, 0.1) is 5.92 Å². The lowest BCUT2D eigenvalue weighted by molar-refractivity contribution is -0.139. The third-order valence-electron chi connectivity index (χ3n) is 3.70. The zero-order chi connectivity index (χ0) is 12.3. The largest absolute Gasteiger partial charge is 0.462 e. The summed E-state index contributed by atoms with van der Waals surface area (Å²) in [4.78, 5) is 11.1. The molecule has 0 bridgehead atoms. The van der Waals surface area contributed by atoms with Crippen LogP contribution in [0.25, 0.3) is 0 Å². The Labute approximate surface area is 103 Å². The van der Waals surface area contributed by atoms with Crippen LogP contribution in [0.15, 0.2) is 12.2 Å². The van der Waals surface area contributed by atoms with Crippen LogP contribution in [-0.2, 0) is 14.3 Å². The molecule has 2 aliphatic rings. The SMILES string of the molecule is C=C(C)C(=O)OCCCCC1CCC2OC2C1. The first kappa shape index (κ1) is 12.6. The summed E-state index contributed by atoms with van der Waals surface area (Å²) in [6, 6.07) is 0. The Morgan fingerprint density at radius 3 is 2.88 bits per heavy atom. The Kier molecular flexibility index (Phi) is 4.21. The van der Waals surface area contributed by atoms with Crippen molar-refractivity contribution in [2.75, 3.05) is 6.61 Å². The van der Waals surface area contributed by atoms with E-state index in [2.05, 4.69) is 6.58 Å². The first-order valence-corrected chi connectivity index (χ1v) is 6.65. The number of epoxide rings is 1. The molecule has 3 atom stereocenters. The molecule has 0 radical (unpaired) electrons. The smallest absolute Gasteiger partial charge is 0.333 e. The molecule has 17 heavy (non-hydrogen) atoms. The van der Waals surface area contributed by atoms with Gasteiger partial charge in [0.05, 0.1) is 18.8 Å². The van der Waals surface area contributed by atoms with Crippen LogP contribution in [0.2, 0.25) is 0 Å². The average Bonchev–Trinajstić information content (AvgIpc) is 3.06. The van der Waals surface area contributed by atoms with Crippen LogP contribution < -0.4 is 0 Å². The zero-order valence-corrected chi connectivity index (χ0v) is 10.6. The van der Waals surface area contributed by atoms with Crippen molar-refractivity contribution in [2.24, 2.45) is 5.92 Å². The first-order chi connectivity index (χ1) is 8.16. The van der Waals surface area contributed by atoms with Gasteiger partial charge < -0.3 is 9.47 Å². The van der Waals surface area contributed by atoms with Crippen molar-refractivity contribution in [3.05, 3.63) is 12.2 Å². The molecule has 0 N–H and O–H groups in total. The number of hydrogen-bond acceptors (Lipinski definition) is 3. The molecule has 96 valence electrons. The van der Waals surface area contributed by atoms with Gasteiger partial charge in [0.2, 0.25) is 0 Å². The molecule has 1 heterocycles. The summed E-state index contributed by atoms with van der Waals surface area (Å²) in [6.45, 7) is 5.76. The summed E-state index contributed by atoms with van der Waals surface area (Å²) in [5.41, 5.74) is 0.481. The van der Waals surface area contributed by atoms with Crippen LogP contribution >= 0.6 is 0 Å². The molecule has 1 aliphatic heterocycles. The maximum absolute atomic E-state index is 11.1. The Morgan fingerprint density at radius 1 is 1.35 bits per heavy atom. The fourth-order valence-electron chi connectivity index (χ4n) is 2.57. The molecule has 0 aromatic heterocycles. The summed E-state index contributed by atoms with van der Waals surface area (Å²) >= 11 is 0. The van der Waals surface area contributed by atoms with E-state index >= 15 is 0 Å². The molecule has 1 saturated carbocycles. The topological polar surface area (TPSA) is 38.8 Å². The lowest BCUT2D eigenvalue weighted by Gasteiger charge is -2.18. The maximum atomic E-state index is 11.1. The number of rotatable bonds is 6. The van der Waals surface area contributed by atoms with Crippen molar-refractivity contribution in [1.29, 1.82) is 0 Å². The molecule has 3 unspecified atom stereocenters. The summed E-state index contributed by atoms with van der Waals surface area (Å²) < 4.78 is 10.6. The number of unbranched alkanes of at least 4 members (excludes halogenated alkanes) is 1. The van der Waals surface area contributed by atoms with Crippen LogP contribution in [-0.4, -0.2) is 24.8 Å². The highest BCUT2D eigenvalue weighted by Gasteiger charge is 2.43. The predicted octanol–water partition coefficient (Wildman–Crippen LogP) is 2.84. The third kappa shape index (κ3) is 3.84. The summed E-state index contributed by atoms with van der Waals surface area (Å²) in [7, 11) is 0. The van der Waals surface area contributed by atoms with E-state index in [-0.39, 0.29) is 5.97 Å². The Hall–Kier alpha value is -0.830. The quantitative estimate of drug-likeness (QED) is 0.309. The van der Waals surface area contributed by atoms with Gasteiger partial charge >= 0.3 is 5.97 Å². The lowest BCUT2D eigenvalue weighted by Crippen LogP contribution is -2.13. The first-order valence-electron chi connectivity index (χ1n) is 6.65. The molecule has 1 saturated heterocycles. The second-order valence-electron chi connectivity index (χ2n) is 5.30. The fraction of sp³-hybridized carbons (Fsp3) is 0.786. The Balaban J connectivity index is 1.48. The molecule has 0 aromatic carbocycles. The van der Waals surface area contributed by atoms with Crippen molar-refractivity contribution < 1.29 is 14.3 Å². The van der Waals surface area contributed by atoms with Crippen molar-refractivity contribution >= 4 is 5.97 Å². The minimum Gasteiger partial charge on any atom is -0.462 e. The lowest BCUT2D eigenvalue weighted by atomic mass is 9.86. The van der Waals surface area contributed by atoms with Crippen molar-refractivity contribution in [3.8, 4) is 0 Å². The summed E-state index contributed by atoms with van der Waals surface area (Å²) in [5.74, 6) is 0.562. The summed E-state index contributed by atoms with van der Waals surface area (Å²) in [5, 5.41) is 0. The summed E-state index contributed by atoms with van der Waals surface area (Å²) in [6.07, 6.45) is 8.34. The van der Waals surface area contributed by atoms with Crippen LogP contribution in [0.4, 0.5) is 0 Å². The van der Waals surface area contributed by atoms with E-state index in [1.165, 1.54) is 25.7 Å². The molecule has 2 fully saturated rings. The number of hydrogen-bond donors (Lipinski definition) is 0. The van der Waals surface area contributed by atoms with Gasteiger partial charge in [-0.3, -0.25) is 0 Å². The van der Waals surface area contributed by atoms with Gasteiger partial charge in [-0.15, -0.1) is 0 Å². The second-order valence-corrected chi connectivity index (χ2v) is 5.30. The van der Waals surface area contributed by atoms with Crippen LogP contribution in [0.5, 0.6) is 0 Å². The molecular weight excluding hydrogens is 216 g/mol. The second kappa shape index (κ2) is 5.67. The molecular formula is C14H22O3. The van der Waals surface area contributed by atoms with Gasteiger partial charge in [0, 0.05) is 5.57 Å². The number of esters is 1. The predicted molar refractivity (Wildman–Crippen MR) is 65.6 cm³/mol. The van der Waals surface area contributed by atoms with E-state index in [1.807, 2.05) is 0 Å². The minimum atomic E-state index is -0.267. The third-order valence-corrected chi connectivity index (χ3v) is 3.70. The molecule has 3 heteroatoms.